The Hall–Kier alpha value is -1.33. The standard InChI is InChI=1S/C17H25N3O2.ClH/c1-9-15(11(3)21)10(2)18-16(9)17(22)20(4)14-7-12-5-6-13(8-14)19-12;/h12-14,18-19H,5-8H2,1-4H3;1H. The van der Waals surface area contributed by atoms with Crippen molar-refractivity contribution in [2.45, 2.75) is 64.6 Å². The molecule has 2 N–H and O–H groups in total. The van der Waals surface area contributed by atoms with Gasteiger partial charge in [0.05, 0.1) is 0 Å². The summed E-state index contributed by atoms with van der Waals surface area (Å²) in [4.78, 5) is 29.6. The maximum Gasteiger partial charge on any atom is 0.270 e. The molecule has 3 heterocycles. The summed E-state index contributed by atoms with van der Waals surface area (Å²) in [7, 11) is 1.89. The molecule has 2 aliphatic rings. The third kappa shape index (κ3) is 3.17. The fraction of sp³-hybridized carbons (Fsp3) is 0.647. The third-order valence-corrected chi connectivity index (χ3v) is 5.32. The summed E-state index contributed by atoms with van der Waals surface area (Å²) in [6.45, 7) is 5.25. The maximum atomic E-state index is 12.8. The fourth-order valence-corrected chi connectivity index (χ4v) is 4.18. The van der Waals surface area contributed by atoms with Crippen LogP contribution in [-0.2, 0) is 0 Å². The van der Waals surface area contributed by atoms with Gasteiger partial charge in [-0.05, 0) is 52.0 Å². The molecule has 6 heteroatoms. The average molecular weight is 340 g/mol. The van der Waals surface area contributed by atoms with Gasteiger partial charge in [0.15, 0.2) is 5.78 Å². The summed E-state index contributed by atoms with van der Waals surface area (Å²) in [5.74, 6) is 0.00673. The van der Waals surface area contributed by atoms with Crippen LogP contribution in [0.3, 0.4) is 0 Å². The van der Waals surface area contributed by atoms with E-state index in [1.54, 1.807) is 6.92 Å². The Labute approximate surface area is 143 Å². The highest BCUT2D eigenvalue weighted by Crippen LogP contribution is 2.30. The topological polar surface area (TPSA) is 65.2 Å². The molecule has 1 aromatic heterocycles. The third-order valence-electron chi connectivity index (χ3n) is 5.32. The SMILES string of the molecule is CC(=O)c1c(C)[nH]c(C(=O)N(C)C2CC3CCC(C2)N3)c1C.Cl. The van der Waals surface area contributed by atoms with Gasteiger partial charge in [-0.25, -0.2) is 0 Å². The maximum absolute atomic E-state index is 12.8. The first kappa shape index (κ1) is 18.0. The first-order chi connectivity index (χ1) is 10.4. The number of hydrogen-bond acceptors (Lipinski definition) is 3. The van der Waals surface area contributed by atoms with Gasteiger partial charge in [-0.2, -0.15) is 0 Å². The van der Waals surface area contributed by atoms with Gasteiger partial charge in [0.1, 0.15) is 5.69 Å². The largest absolute Gasteiger partial charge is 0.354 e. The van der Waals surface area contributed by atoms with Gasteiger partial charge in [0, 0.05) is 36.4 Å². The zero-order chi connectivity index (χ0) is 16.0. The molecule has 2 bridgehead atoms. The molecule has 0 spiro atoms. The summed E-state index contributed by atoms with van der Waals surface area (Å²) in [6, 6.07) is 1.39. The van der Waals surface area contributed by atoms with E-state index in [4.69, 9.17) is 0 Å². The van der Waals surface area contributed by atoms with Gasteiger partial charge in [0.2, 0.25) is 0 Å². The summed E-state index contributed by atoms with van der Waals surface area (Å²) < 4.78 is 0. The number of nitrogens with zero attached hydrogens (tertiary/aromatic N) is 1. The predicted octanol–water partition coefficient (Wildman–Crippen LogP) is 2.61. The number of halogens is 1. The Balaban J connectivity index is 0.00000192. The van der Waals surface area contributed by atoms with E-state index < -0.39 is 0 Å². The summed E-state index contributed by atoms with van der Waals surface area (Å²) in [5.41, 5.74) is 2.78. The van der Waals surface area contributed by atoms with Gasteiger partial charge >= 0.3 is 0 Å². The highest BCUT2D eigenvalue weighted by atomic mass is 35.5. The number of carbonyl (C=O) groups is 2. The monoisotopic (exact) mass is 339 g/mol. The van der Waals surface area contributed by atoms with Crippen molar-refractivity contribution < 1.29 is 9.59 Å². The van der Waals surface area contributed by atoms with Crippen LogP contribution in [-0.4, -0.2) is 46.7 Å². The van der Waals surface area contributed by atoms with Crippen molar-refractivity contribution in [1.29, 1.82) is 0 Å². The lowest BCUT2D eigenvalue weighted by molar-refractivity contribution is 0.0675. The second-order valence-electron chi connectivity index (χ2n) is 6.86. The molecule has 0 aromatic carbocycles. The van der Waals surface area contributed by atoms with Crippen molar-refractivity contribution in [3.05, 3.63) is 22.5 Å². The Morgan fingerprint density at radius 1 is 1.13 bits per heavy atom. The van der Waals surface area contributed by atoms with Gasteiger partial charge in [-0.1, -0.05) is 0 Å². The summed E-state index contributed by atoms with van der Waals surface area (Å²) in [6.07, 6.45) is 4.49. The smallest absolute Gasteiger partial charge is 0.270 e. The Kier molecular flexibility index (Phi) is 5.21. The number of Topliss-reactive ketones (excluding diaryl/α,β-unsaturated/α-hetero) is 1. The van der Waals surface area contributed by atoms with E-state index in [2.05, 4.69) is 10.3 Å². The molecule has 0 saturated carbocycles. The molecule has 0 aliphatic carbocycles. The van der Waals surface area contributed by atoms with Crippen molar-refractivity contribution in [2.24, 2.45) is 0 Å². The second-order valence-corrected chi connectivity index (χ2v) is 6.86. The summed E-state index contributed by atoms with van der Waals surface area (Å²) in [5, 5.41) is 3.60. The lowest BCUT2D eigenvalue weighted by atomic mass is 9.98. The lowest BCUT2D eigenvalue weighted by Crippen LogP contribution is -2.48. The molecular weight excluding hydrogens is 314 g/mol. The van der Waals surface area contributed by atoms with Crippen LogP contribution in [0, 0.1) is 13.8 Å². The highest BCUT2D eigenvalue weighted by Gasteiger charge is 2.37. The van der Waals surface area contributed by atoms with Crippen LogP contribution in [0.5, 0.6) is 0 Å². The number of carbonyl (C=O) groups excluding carboxylic acids is 2. The molecule has 128 valence electrons. The van der Waals surface area contributed by atoms with Crippen molar-refractivity contribution in [3.63, 3.8) is 0 Å². The van der Waals surface area contributed by atoms with E-state index in [1.165, 1.54) is 12.8 Å². The minimum Gasteiger partial charge on any atom is -0.354 e. The van der Waals surface area contributed by atoms with E-state index in [1.807, 2.05) is 25.8 Å². The molecule has 2 fully saturated rings. The number of amides is 1. The van der Waals surface area contributed by atoms with E-state index in [9.17, 15) is 9.59 Å². The summed E-state index contributed by atoms with van der Waals surface area (Å²) >= 11 is 0. The minimum atomic E-state index is -0.000556. The first-order valence-electron chi connectivity index (χ1n) is 8.11. The Morgan fingerprint density at radius 3 is 2.17 bits per heavy atom. The number of ketones is 1. The first-order valence-corrected chi connectivity index (χ1v) is 8.11. The molecule has 23 heavy (non-hydrogen) atoms. The number of aromatic amines is 1. The van der Waals surface area contributed by atoms with Crippen LogP contribution >= 0.6 is 12.4 Å². The van der Waals surface area contributed by atoms with Crippen LogP contribution in [0.15, 0.2) is 0 Å². The Bertz CT molecular complexity index is 614. The van der Waals surface area contributed by atoms with Crippen molar-refractivity contribution in [1.82, 2.24) is 15.2 Å². The molecule has 0 radical (unpaired) electrons. The van der Waals surface area contributed by atoms with Crippen LogP contribution in [0.4, 0.5) is 0 Å². The molecule has 2 saturated heterocycles. The number of piperidine rings is 1. The van der Waals surface area contributed by atoms with Crippen LogP contribution in [0.25, 0.3) is 0 Å². The normalized spacial score (nSPS) is 25.8. The number of H-pyrrole nitrogens is 1. The van der Waals surface area contributed by atoms with Crippen LogP contribution in [0.1, 0.15) is 64.7 Å². The van der Waals surface area contributed by atoms with Crippen molar-refractivity contribution >= 4 is 24.1 Å². The van der Waals surface area contributed by atoms with E-state index in [0.717, 1.165) is 24.1 Å². The van der Waals surface area contributed by atoms with E-state index in [0.29, 0.717) is 23.3 Å². The molecule has 2 atom stereocenters. The fourth-order valence-electron chi connectivity index (χ4n) is 4.18. The zero-order valence-electron chi connectivity index (χ0n) is 14.2. The Morgan fingerprint density at radius 2 is 1.70 bits per heavy atom. The van der Waals surface area contributed by atoms with Crippen LogP contribution < -0.4 is 5.32 Å². The second kappa shape index (κ2) is 6.65. The predicted molar refractivity (Wildman–Crippen MR) is 92.6 cm³/mol. The van der Waals surface area contributed by atoms with Crippen molar-refractivity contribution in [2.75, 3.05) is 7.05 Å². The molecule has 1 aromatic rings. The molecule has 1 amide bonds. The quantitative estimate of drug-likeness (QED) is 0.832. The number of nitrogens with one attached hydrogen (secondary N) is 2. The molecule has 2 aliphatic heterocycles. The van der Waals surface area contributed by atoms with E-state index in [-0.39, 0.29) is 30.1 Å². The van der Waals surface area contributed by atoms with Gasteiger partial charge in [-0.3, -0.25) is 9.59 Å². The van der Waals surface area contributed by atoms with E-state index >= 15 is 0 Å². The minimum absolute atomic E-state index is 0. The average Bonchev–Trinajstić information content (AvgIpc) is 2.96. The van der Waals surface area contributed by atoms with Gasteiger partial charge < -0.3 is 15.2 Å². The highest BCUT2D eigenvalue weighted by molar-refractivity contribution is 6.02. The number of aryl methyl sites for hydroxylation is 1. The zero-order valence-corrected chi connectivity index (χ0v) is 15.0. The number of hydrogen-bond donors (Lipinski definition) is 2. The van der Waals surface area contributed by atoms with Gasteiger partial charge in [-0.15, -0.1) is 12.4 Å². The molecule has 3 rings (SSSR count). The molecule has 5 nitrogen and oxygen atoms in total. The van der Waals surface area contributed by atoms with Crippen molar-refractivity contribution in [3.8, 4) is 0 Å². The lowest BCUT2D eigenvalue weighted by Gasteiger charge is -2.35. The van der Waals surface area contributed by atoms with Crippen LogP contribution in [0.2, 0.25) is 0 Å². The number of rotatable bonds is 3. The number of aromatic nitrogens is 1. The van der Waals surface area contributed by atoms with Gasteiger partial charge in [0.25, 0.3) is 5.91 Å². The molecular formula is C17H26ClN3O2. The molecule has 2 unspecified atom stereocenters. The number of fused-ring (bicyclic) bond motifs is 2.